The Morgan fingerprint density at radius 1 is 1.33 bits per heavy atom. The highest BCUT2D eigenvalue weighted by molar-refractivity contribution is 5.90. The molecule has 0 saturated carbocycles. The summed E-state index contributed by atoms with van der Waals surface area (Å²) in [4.78, 5) is 24.4. The lowest BCUT2D eigenvalue weighted by Crippen LogP contribution is -2.48. The Labute approximate surface area is 156 Å². The fraction of sp³-hybridized carbons (Fsp3) is 0.444. The van der Waals surface area contributed by atoms with E-state index < -0.39 is 12.1 Å². The summed E-state index contributed by atoms with van der Waals surface area (Å²) in [5.74, 6) is -0.645. The van der Waals surface area contributed by atoms with Gasteiger partial charge in [0.25, 0.3) is 5.91 Å². The van der Waals surface area contributed by atoms with Crippen molar-refractivity contribution in [2.45, 2.75) is 39.0 Å². The van der Waals surface area contributed by atoms with Crippen molar-refractivity contribution < 1.29 is 18.7 Å². The molecule has 9 heteroatoms. The van der Waals surface area contributed by atoms with Crippen LogP contribution >= 0.6 is 0 Å². The lowest BCUT2D eigenvalue weighted by Gasteiger charge is -2.19. The number of carbonyl (C=O) groups is 2. The van der Waals surface area contributed by atoms with Gasteiger partial charge in [-0.2, -0.15) is 0 Å². The molecule has 1 aliphatic heterocycles. The van der Waals surface area contributed by atoms with E-state index in [1.165, 1.54) is 16.8 Å². The van der Waals surface area contributed by atoms with Crippen molar-refractivity contribution in [2.75, 3.05) is 6.61 Å². The van der Waals surface area contributed by atoms with Gasteiger partial charge < -0.3 is 15.4 Å². The Balaban J connectivity index is 1.57. The van der Waals surface area contributed by atoms with Gasteiger partial charge in [0.05, 0.1) is 25.0 Å². The van der Waals surface area contributed by atoms with Crippen LogP contribution in [0.3, 0.4) is 0 Å². The first kappa shape index (κ1) is 19.0. The van der Waals surface area contributed by atoms with Gasteiger partial charge in [-0.3, -0.25) is 9.59 Å². The highest BCUT2D eigenvalue weighted by Crippen LogP contribution is 2.12. The number of halogens is 1. The molecule has 144 valence electrons. The third-order valence-corrected chi connectivity index (χ3v) is 4.04. The first-order valence-corrected chi connectivity index (χ1v) is 8.79. The summed E-state index contributed by atoms with van der Waals surface area (Å²) in [6.45, 7) is 4.53. The van der Waals surface area contributed by atoms with E-state index in [4.69, 9.17) is 4.74 Å². The van der Waals surface area contributed by atoms with Gasteiger partial charge in [-0.15, -0.1) is 5.10 Å². The van der Waals surface area contributed by atoms with Gasteiger partial charge in [0, 0.05) is 0 Å². The van der Waals surface area contributed by atoms with Crippen LogP contribution in [0.1, 0.15) is 26.0 Å². The van der Waals surface area contributed by atoms with Crippen LogP contribution in [0.5, 0.6) is 0 Å². The number of nitrogens with zero attached hydrogens (tertiary/aromatic N) is 3. The number of amides is 2. The van der Waals surface area contributed by atoms with Crippen molar-refractivity contribution in [1.29, 1.82) is 0 Å². The standard InChI is InChI=1S/C18H22FN5O3/c1-11(2)7-15(21-18(26)16-10-27-16)17(25)20-8-13-9-24(23-22-13)14-5-3-12(19)4-6-14/h3-6,9,11,15-16H,7-8,10H2,1-2H3,(H,20,25)(H,21,26). The van der Waals surface area contributed by atoms with Crippen molar-refractivity contribution in [1.82, 2.24) is 25.6 Å². The minimum atomic E-state index is -0.631. The normalized spacial score (nSPS) is 16.8. The van der Waals surface area contributed by atoms with E-state index in [0.29, 0.717) is 24.4 Å². The average molecular weight is 375 g/mol. The van der Waals surface area contributed by atoms with Gasteiger partial charge in [0.2, 0.25) is 5.91 Å². The molecule has 2 heterocycles. The predicted octanol–water partition coefficient (Wildman–Crippen LogP) is 0.952. The number of rotatable bonds is 8. The first-order chi connectivity index (χ1) is 12.9. The summed E-state index contributed by atoms with van der Waals surface area (Å²) in [6.07, 6.45) is 1.73. The smallest absolute Gasteiger partial charge is 0.252 e. The van der Waals surface area contributed by atoms with E-state index in [2.05, 4.69) is 20.9 Å². The molecular formula is C18H22FN5O3. The van der Waals surface area contributed by atoms with Gasteiger partial charge in [0.15, 0.2) is 6.10 Å². The maximum Gasteiger partial charge on any atom is 0.252 e. The number of hydrogen-bond donors (Lipinski definition) is 2. The molecule has 0 spiro atoms. The second-order valence-corrected chi connectivity index (χ2v) is 6.86. The Kier molecular flexibility index (Phi) is 5.80. The molecule has 0 aliphatic carbocycles. The minimum Gasteiger partial charge on any atom is -0.363 e. The number of benzene rings is 1. The lowest BCUT2D eigenvalue weighted by molar-refractivity contribution is -0.130. The Bertz CT molecular complexity index is 802. The summed E-state index contributed by atoms with van der Waals surface area (Å²) in [5, 5.41) is 13.5. The van der Waals surface area contributed by atoms with Crippen LogP contribution in [0.4, 0.5) is 4.39 Å². The third-order valence-electron chi connectivity index (χ3n) is 4.04. The van der Waals surface area contributed by atoms with Crippen molar-refractivity contribution in [3.8, 4) is 5.69 Å². The van der Waals surface area contributed by atoms with Crippen molar-refractivity contribution >= 4 is 11.8 Å². The fourth-order valence-electron chi connectivity index (χ4n) is 2.57. The zero-order chi connectivity index (χ0) is 19.4. The second kappa shape index (κ2) is 8.26. The summed E-state index contributed by atoms with van der Waals surface area (Å²) >= 11 is 0. The topological polar surface area (TPSA) is 101 Å². The van der Waals surface area contributed by atoms with Crippen LogP contribution < -0.4 is 10.6 Å². The maximum absolute atomic E-state index is 13.0. The highest BCUT2D eigenvalue weighted by atomic mass is 19.1. The fourth-order valence-corrected chi connectivity index (χ4v) is 2.57. The zero-order valence-corrected chi connectivity index (χ0v) is 15.2. The van der Waals surface area contributed by atoms with E-state index in [9.17, 15) is 14.0 Å². The Hall–Kier alpha value is -2.81. The number of aromatic nitrogens is 3. The van der Waals surface area contributed by atoms with Gasteiger partial charge in [-0.1, -0.05) is 19.1 Å². The second-order valence-electron chi connectivity index (χ2n) is 6.86. The number of hydrogen-bond acceptors (Lipinski definition) is 5. The number of nitrogens with one attached hydrogen (secondary N) is 2. The minimum absolute atomic E-state index is 0.171. The molecule has 1 aliphatic rings. The lowest BCUT2D eigenvalue weighted by atomic mass is 10.0. The van der Waals surface area contributed by atoms with E-state index in [-0.39, 0.29) is 30.1 Å². The Morgan fingerprint density at radius 3 is 2.67 bits per heavy atom. The molecule has 2 unspecified atom stereocenters. The van der Waals surface area contributed by atoms with Crippen LogP contribution in [-0.4, -0.2) is 45.6 Å². The molecule has 1 aromatic carbocycles. The molecule has 0 bridgehead atoms. The van der Waals surface area contributed by atoms with Gasteiger partial charge >= 0.3 is 0 Å². The number of ether oxygens (including phenoxy) is 1. The molecule has 3 rings (SSSR count). The molecule has 8 nitrogen and oxygen atoms in total. The summed E-state index contributed by atoms with van der Waals surface area (Å²) in [6, 6.07) is 5.21. The maximum atomic E-state index is 13.0. The SMILES string of the molecule is CC(C)CC(NC(=O)C1CO1)C(=O)NCc1cn(-c2ccc(F)cc2)nn1. The monoisotopic (exact) mass is 375 g/mol. The van der Waals surface area contributed by atoms with Gasteiger partial charge in [-0.05, 0) is 36.6 Å². The van der Waals surface area contributed by atoms with Crippen LogP contribution in [0, 0.1) is 11.7 Å². The third kappa shape index (κ3) is 5.33. The molecule has 1 aromatic heterocycles. The Morgan fingerprint density at radius 2 is 2.04 bits per heavy atom. The van der Waals surface area contributed by atoms with E-state index in [1.54, 1.807) is 18.3 Å². The largest absolute Gasteiger partial charge is 0.363 e. The van der Waals surface area contributed by atoms with E-state index in [0.717, 1.165) is 0 Å². The summed E-state index contributed by atoms with van der Waals surface area (Å²) < 4.78 is 19.4. The first-order valence-electron chi connectivity index (χ1n) is 8.79. The predicted molar refractivity (Wildman–Crippen MR) is 94.3 cm³/mol. The molecule has 27 heavy (non-hydrogen) atoms. The molecular weight excluding hydrogens is 353 g/mol. The van der Waals surface area contributed by atoms with Crippen molar-refractivity contribution in [2.24, 2.45) is 5.92 Å². The highest BCUT2D eigenvalue weighted by Gasteiger charge is 2.34. The van der Waals surface area contributed by atoms with Crippen LogP contribution in [0.2, 0.25) is 0 Å². The van der Waals surface area contributed by atoms with E-state index >= 15 is 0 Å². The van der Waals surface area contributed by atoms with Gasteiger partial charge in [-0.25, -0.2) is 9.07 Å². The van der Waals surface area contributed by atoms with Crippen LogP contribution in [0.25, 0.3) is 5.69 Å². The van der Waals surface area contributed by atoms with E-state index in [1.807, 2.05) is 13.8 Å². The summed E-state index contributed by atoms with van der Waals surface area (Å²) in [7, 11) is 0. The van der Waals surface area contributed by atoms with Crippen LogP contribution in [-0.2, 0) is 20.9 Å². The van der Waals surface area contributed by atoms with Crippen molar-refractivity contribution in [3.63, 3.8) is 0 Å². The van der Waals surface area contributed by atoms with Crippen LogP contribution in [0.15, 0.2) is 30.5 Å². The van der Waals surface area contributed by atoms with Crippen molar-refractivity contribution in [3.05, 3.63) is 42.0 Å². The van der Waals surface area contributed by atoms with Gasteiger partial charge in [0.1, 0.15) is 17.6 Å². The molecule has 1 fully saturated rings. The molecule has 2 N–H and O–H groups in total. The molecule has 2 atom stereocenters. The molecule has 1 saturated heterocycles. The number of carbonyl (C=O) groups excluding carboxylic acids is 2. The number of epoxide rings is 1. The molecule has 0 radical (unpaired) electrons. The average Bonchev–Trinajstić information content (AvgIpc) is 3.38. The quantitative estimate of drug-likeness (QED) is 0.669. The summed E-state index contributed by atoms with van der Waals surface area (Å²) in [5.41, 5.74) is 1.21. The zero-order valence-electron chi connectivity index (χ0n) is 15.2. The molecule has 2 amide bonds. The molecule has 2 aromatic rings.